The fourth-order valence-corrected chi connectivity index (χ4v) is 5.98. The predicted molar refractivity (Wildman–Crippen MR) is 163 cm³/mol. The summed E-state index contributed by atoms with van der Waals surface area (Å²) in [6.45, 7) is 4.44. The number of benzene rings is 5. The summed E-state index contributed by atoms with van der Waals surface area (Å²) < 4.78 is 0. The minimum atomic E-state index is -0.276. The summed E-state index contributed by atoms with van der Waals surface area (Å²) in [4.78, 5) is 2.23. The second-order valence-corrected chi connectivity index (χ2v) is 10.7. The van der Waals surface area contributed by atoms with Crippen LogP contribution in [0.4, 0.5) is 17.1 Å². The van der Waals surface area contributed by atoms with E-state index >= 15 is 0 Å². The van der Waals surface area contributed by atoms with Gasteiger partial charge >= 0.3 is 0 Å². The van der Waals surface area contributed by atoms with Crippen molar-refractivity contribution in [2.45, 2.75) is 19.3 Å². The molecule has 196 valence electrons. The molecular formula is C37H23N5. The van der Waals surface area contributed by atoms with Gasteiger partial charge in [-0.05, 0) is 70.8 Å². The van der Waals surface area contributed by atoms with Crippen LogP contribution in [0.2, 0.25) is 0 Å². The standard InChI is InChI=1S/C37H23N5/c1-37(2)32-10-3-5-12-34(32)42(35-13-6-4-11-33(35)37)36-30(28-16-24(20-38)14-25(17-28)21-39)8-7-9-31(36)29-18-26(22-40)15-27(19-29)23-41/h3-19H,1-2H3. The normalized spacial score (nSPS) is 12.6. The summed E-state index contributed by atoms with van der Waals surface area (Å²) in [6.07, 6.45) is 0. The Hall–Kier alpha value is -6.14. The van der Waals surface area contributed by atoms with Crippen LogP contribution in [0.3, 0.4) is 0 Å². The van der Waals surface area contributed by atoms with E-state index in [1.807, 2.05) is 42.5 Å². The number of rotatable bonds is 3. The Labute approximate surface area is 245 Å². The number of para-hydroxylation sites is 3. The predicted octanol–water partition coefficient (Wildman–Crippen LogP) is 8.62. The van der Waals surface area contributed by atoms with E-state index in [9.17, 15) is 21.0 Å². The highest BCUT2D eigenvalue weighted by molar-refractivity contribution is 6.00. The molecule has 1 aliphatic heterocycles. The van der Waals surface area contributed by atoms with Gasteiger partial charge in [-0.25, -0.2) is 0 Å². The molecule has 0 aliphatic carbocycles. The maximum absolute atomic E-state index is 9.78. The molecule has 0 bridgehead atoms. The number of nitriles is 4. The SMILES string of the molecule is CC1(C)c2ccccc2N(c2c(-c3cc(C#N)cc(C#N)c3)cccc2-c2cc(C#N)cc(C#N)c2)c2ccccc21. The van der Waals surface area contributed by atoms with Crippen molar-refractivity contribution in [1.82, 2.24) is 0 Å². The fraction of sp³-hybridized carbons (Fsp3) is 0.0811. The molecule has 0 radical (unpaired) electrons. The number of hydrogen-bond acceptors (Lipinski definition) is 5. The van der Waals surface area contributed by atoms with Crippen LogP contribution in [0.15, 0.2) is 103 Å². The first kappa shape index (κ1) is 26.1. The maximum Gasteiger partial charge on any atom is 0.0992 e. The van der Waals surface area contributed by atoms with Gasteiger partial charge in [0.2, 0.25) is 0 Å². The number of hydrogen-bond donors (Lipinski definition) is 0. The highest BCUT2D eigenvalue weighted by Gasteiger charge is 2.38. The molecule has 5 heteroatoms. The van der Waals surface area contributed by atoms with Crippen molar-refractivity contribution in [1.29, 1.82) is 21.0 Å². The van der Waals surface area contributed by atoms with Crippen LogP contribution in [0.1, 0.15) is 47.2 Å². The van der Waals surface area contributed by atoms with Crippen LogP contribution in [0, 0.1) is 45.3 Å². The topological polar surface area (TPSA) is 98.4 Å². The average molecular weight is 538 g/mol. The Bertz CT molecular complexity index is 1870. The highest BCUT2D eigenvalue weighted by atomic mass is 15.2. The molecular weight excluding hydrogens is 514 g/mol. The van der Waals surface area contributed by atoms with E-state index in [0.717, 1.165) is 50.4 Å². The molecule has 42 heavy (non-hydrogen) atoms. The van der Waals surface area contributed by atoms with Gasteiger partial charge in [0, 0.05) is 16.5 Å². The highest BCUT2D eigenvalue weighted by Crippen LogP contribution is 2.55. The molecule has 1 aliphatic rings. The zero-order valence-electron chi connectivity index (χ0n) is 23.1. The molecule has 5 nitrogen and oxygen atoms in total. The van der Waals surface area contributed by atoms with E-state index < -0.39 is 0 Å². The van der Waals surface area contributed by atoms with Gasteiger partial charge in [0.1, 0.15) is 0 Å². The van der Waals surface area contributed by atoms with Gasteiger partial charge < -0.3 is 4.90 Å². The monoisotopic (exact) mass is 537 g/mol. The van der Waals surface area contributed by atoms with E-state index in [-0.39, 0.29) is 5.41 Å². The molecule has 0 spiro atoms. The third kappa shape index (κ3) is 4.15. The number of fused-ring (bicyclic) bond motifs is 2. The van der Waals surface area contributed by atoms with Crippen molar-refractivity contribution >= 4 is 17.1 Å². The van der Waals surface area contributed by atoms with Crippen LogP contribution in [-0.2, 0) is 5.41 Å². The Kier molecular flexibility index (Phi) is 6.29. The van der Waals surface area contributed by atoms with Crippen molar-refractivity contribution in [2.24, 2.45) is 0 Å². The van der Waals surface area contributed by atoms with Gasteiger partial charge in [-0.15, -0.1) is 0 Å². The van der Waals surface area contributed by atoms with Gasteiger partial charge in [-0.2, -0.15) is 21.0 Å². The molecule has 0 saturated heterocycles. The molecule has 1 heterocycles. The molecule has 0 fully saturated rings. The third-order valence-corrected chi connectivity index (χ3v) is 7.90. The Morgan fingerprint density at radius 1 is 0.500 bits per heavy atom. The van der Waals surface area contributed by atoms with E-state index in [1.165, 1.54) is 0 Å². The summed E-state index contributed by atoms with van der Waals surface area (Å²) in [5.74, 6) is 0. The lowest BCUT2D eigenvalue weighted by Crippen LogP contribution is -2.31. The second-order valence-electron chi connectivity index (χ2n) is 10.7. The lowest BCUT2D eigenvalue weighted by atomic mass is 9.73. The molecule has 6 rings (SSSR count). The van der Waals surface area contributed by atoms with Crippen LogP contribution in [0.5, 0.6) is 0 Å². The van der Waals surface area contributed by atoms with Gasteiger partial charge in [0.25, 0.3) is 0 Å². The van der Waals surface area contributed by atoms with Crippen molar-refractivity contribution in [3.05, 3.63) is 137 Å². The van der Waals surface area contributed by atoms with Crippen LogP contribution < -0.4 is 4.90 Å². The summed E-state index contributed by atoms with van der Waals surface area (Å²) in [5, 5.41) is 39.1. The lowest BCUT2D eigenvalue weighted by Gasteiger charge is -2.43. The van der Waals surface area contributed by atoms with Crippen LogP contribution in [-0.4, -0.2) is 0 Å². The van der Waals surface area contributed by atoms with E-state index in [4.69, 9.17) is 0 Å². The molecule has 5 aromatic carbocycles. The zero-order chi connectivity index (χ0) is 29.4. The Balaban J connectivity index is 1.77. The van der Waals surface area contributed by atoms with Crippen molar-refractivity contribution in [3.63, 3.8) is 0 Å². The summed E-state index contributed by atoms with van der Waals surface area (Å²) in [7, 11) is 0. The Morgan fingerprint density at radius 2 is 0.881 bits per heavy atom. The second kappa shape index (κ2) is 10.1. The van der Waals surface area contributed by atoms with Crippen molar-refractivity contribution < 1.29 is 0 Å². The van der Waals surface area contributed by atoms with Crippen molar-refractivity contribution in [3.8, 4) is 46.5 Å². The van der Waals surface area contributed by atoms with E-state index in [0.29, 0.717) is 22.3 Å². The van der Waals surface area contributed by atoms with E-state index in [2.05, 4.69) is 67.3 Å². The first-order chi connectivity index (χ1) is 20.4. The largest absolute Gasteiger partial charge is 0.309 e. The molecule has 0 amide bonds. The first-order valence-corrected chi connectivity index (χ1v) is 13.4. The summed E-state index contributed by atoms with van der Waals surface area (Å²) in [5.41, 5.74) is 9.47. The van der Waals surface area contributed by atoms with Gasteiger partial charge in [0.05, 0.1) is 63.6 Å². The average Bonchev–Trinajstić information content (AvgIpc) is 3.04. The third-order valence-electron chi connectivity index (χ3n) is 7.90. The quantitative estimate of drug-likeness (QED) is 0.229. The molecule has 0 N–H and O–H groups in total. The lowest BCUT2D eigenvalue weighted by molar-refractivity contribution is 0.632. The smallest absolute Gasteiger partial charge is 0.0992 e. The minimum Gasteiger partial charge on any atom is -0.309 e. The van der Waals surface area contributed by atoms with Crippen LogP contribution in [0.25, 0.3) is 22.3 Å². The summed E-state index contributed by atoms with van der Waals surface area (Å²) >= 11 is 0. The number of anilines is 3. The van der Waals surface area contributed by atoms with Gasteiger partial charge in [0.15, 0.2) is 0 Å². The van der Waals surface area contributed by atoms with E-state index in [1.54, 1.807) is 36.4 Å². The Morgan fingerprint density at radius 3 is 1.26 bits per heavy atom. The summed E-state index contributed by atoms with van der Waals surface area (Å²) in [6, 6.07) is 41.6. The molecule has 5 aromatic rings. The minimum absolute atomic E-state index is 0.276. The number of nitrogens with zero attached hydrogens (tertiary/aromatic N) is 5. The molecule has 0 saturated carbocycles. The maximum atomic E-state index is 9.78. The molecule has 0 atom stereocenters. The molecule has 0 unspecified atom stereocenters. The van der Waals surface area contributed by atoms with Gasteiger partial charge in [-0.1, -0.05) is 68.4 Å². The fourth-order valence-electron chi connectivity index (χ4n) is 5.98. The first-order valence-electron chi connectivity index (χ1n) is 13.4. The van der Waals surface area contributed by atoms with Crippen LogP contribution >= 0.6 is 0 Å². The van der Waals surface area contributed by atoms with Crippen molar-refractivity contribution in [2.75, 3.05) is 4.90 Å². The molecule has 0 aromatic heterocycles. The zero-order valence-corrected chi connectivity index (χ0v) is 23.1. The van der Waals surface area contributed by atoms with Gasteiger partial charge in [-0.3, -0.25) is 0 Å².